The SMILES string of the molecule is CC1CCCC(CNC(=O)N2CCC(C)CC2C(=O)O)C1. The third-order valence-corrected chi connectivity index (χ3v) is 5.00. The minimum absolute atomic E-state index is 0.201. The second kappa shape index (κ2) is 7.14. The molecule has 5 nitrogen and oxygen atoms in total. The van der Waals surface area contributed by atoms with Gasteiger partial charge in [0.1, 0.15) is 6.04 Å². The lowest BCUT2D eigenvalue weighted by Crippen LogP contribution is -2.53. The van der Waals surface area contributed by atoms with Crippen LogP contribution in [-0.2, 0) is 4.79 Å². The van der Waals surface area contributed by atoms with Crippen molar-refractivity contribution in [1.82, 2.24) is 10.2 Å². The number of aliphatic carboxylic acids is 1. The predicted molar refractivity (Wildman–Crippen MR) is 81.0 cm³/mol. The summed E-state index contributed by atoms with van der Waals surface area (Å²) in [5.74, 6) is 0.769. The van der Waals surface area contributed by atoms with Crippen LogP contribution in [0.3, 0.4) is 0 Å². The molecule has 2 aliphatic rings. The van der Waals surface area contributed by atoms with Gasteiger partial charge in [0.05, 0.1) is 0 Å². The van der Waals surface area contributed by atoms with Crippen molar-refractivity contribution in [2.45, 2.75) is 58.4 Å². The van der Waals surface area contributed by atoms with Crippen LogP contribution in [-0.4, -0.2) is 41.1 Å². The van der Waals surface area contributed by atoms with Crippen LogP contribution in [0.1, 0.15) is 52.4 Å². The van der Waals surface area contributed by atoms with E-state index in [2.05, 4.69) is 19.2 Å². The van der Waals surface area contributed by atoms with Gasteiger partial charge in [-0.3, -0.25) is 0 Å². The van der Waals surface area contributed by atoms with Crippen molar-refractivity contribution in [2.24, 2.45) is 17.8 Å². The monoisotopic (exact) mass is 296 g/mol. The average Bonchev–Trinajstić information content (AvgIpc) is 2.44. The molecule has 2 amide bonds. The van der Waals surface area contributed by atoms with Crippen molar-refractivity contribution >= 4 is 12.0 Å². The first-order valence-corrected chi connectivity index (χ1v) is 8.24. The molecule has 1 saturated carbocycles. The zero-order valence-corrected chi connectivity index (χ0v) is 13.2. The number of likely N-dealkylation sites (tertiary alicyclic amines) is 1. The summed E-state index contributed by atoms with van der Waals surface area (Å²) in [7, 11) is 0. The van der Waals surface area contributed by atoms with Crippen LogP contribution in [0.25, 0.3) is 0 Å². The first-order chi connectivity index (χ1) is 9.97. The Balaban J connectivity index is 1.85. The zero-order chi connectivity index (χ0) is 15.4. The highest BCUT2D eigenvalue weighted by Crippen LogP contribution is 2.28. The van der Waals surface area contributed by atoms with Crippen LogP contribution in [0.15, 0.2) is 0 Å². The van der Waals surface area contributed by atoms with Crippen molar-refractivity contribution in [3.05, 3.63) is 0 Å². The quantitative estimate of drug-likeness (QED) is 0.841. The molecular weight excluding hydrogens is 268 g/mol. The predicted octanol–water partition coefficient (Wildman–Crippen LogP) is 2.71. The van der Waals surface area contributed by atoms with Gasteiger partial charge in [0.25, 0.3) is 0 Å². The van der Waals surface area contributed by atoms with Crippen LogP contribution in [0.2, 0.25) is 0 Å². The number of hydrogen-bond donors (Lipinski definition) is 2. The van der Waals surface area contributed by atoms with E-state index in [0.29, 0.717) is 31.3 Å². The van der Waals surface area contributed by atoms with Crippen LogP contribution in [0.4, 0.5) is 4.79 Å². The van der Waals surface area contributed by atoms with Crippen molar-refractivity contribution in [3.8, 4) is 0 Å². The smallest absolute Gasteiger partial charge is 0.326 e. The number of amides is 2. The number of nitrogens with one attached hydrogen (secondary N) is 1. The van der Waals surface area contributed by atoms with E-state index in [-0.39, 0.29) is 6.03 Å². The maximum Gasteiger partial charge on any atom is 0.326 e. The Morgan fingerprint density at radius 3 is 2.52 bits per heavy atom. The molecule has 0 aromatic heterocycles. The van der Waals surface area contributed by atoms with Gasteiger partial charge in [-0.05, 0) is 43.4 Å². The Morgan fingerprint density at radius 2 is 1.86 bits per heavy atom. The Bertz CT molecular complexity index is 386. The molecule has 0 spiro atoms. The summed E-state index contributed by atoms with van der Waals surface area (Å²) in [6.45, 7) is 5.54. The molecule has 0 radical (unpaired) electrons. The van der Waals surface area contributed by atoms with E-state index in [1.807, 2.05) is 0 Å². The lowest BCUT2D eigenvalue weighted by molar-refractivity contribution is -0.143. The second-order valence-electron chi connectivity index (χ2n) is 7.00. The molecule has 120 valence electrons. The third kappa shape index (κ3) is 4.35. The average molecular weight is 296 g/mol. The van der Waals surface area contributed by atoms with E-state index in [9.17, 15) is 14.7 Å². The number of carbonyl (C=O) groups excluding carboxylic acids is 1. The van der Waals surface area contributed by atoms with Gasteiger partial charge in [-0.25, -0.2) is 9.59 Å². The highest BCUT2D eigenvalue weighted by molar-refractivity contribution is 5.82. The minimum atomic E-state index is -0.886. The fourth-order valence-corrected chi connectivity index (χ4v) is 3.70. The van der Waals surface area contributed by atoms with Gasteiger partial charge >= 0.3 is 12.0 Å². The number of nitrogens with zero attached hydrogens (tertiary/aromatic N) is 1. The van der Waals surface area contributed by atoms with E-state index in [0.717, 1.165) is 12.3 Å². The molecule has 1 heterocycles. The third-order valence-electron chi connectivity index (χ3n) is 5.00. The first-order valence-electron chi connectivity index (χ1n) is 8.24. The lowest BCUT2D eigenvalue weighted by Gasteiger charge is -2.36. The highest BCUT2D eigenvalue weighted by Gasteiger charge is 2.34. The molecule has 2 N–H and O–H groups in total. The van der Waals surface area contributed by atoms with E-state index in [1.165, 1.54) is 30.6 Å². The van der Waals surface area contributed by atoms with Crippen molar-refractivity contribution in [3.63, 3.8) is 0 Å². The van der Waals surface area contributed by atoms with Gasteiger partial charge in [-0.15, -0.1) is 0 Å². The maximum atomic E-state index is 12.3. The van der Waals surface area contributed by atoms with Crippen LogP contribution in [0.5, 0.6) is 0 Å². The van der Waals surface area contributed by atoms with E-state index in [4.69, 9.17) is 0 Å². The number of carboxylic acid groups (broad SMARTS) is 1. The Kier molecular flexibility index (Phi) is 5.48. The normalized spacial score (nSPS) is 33.5. The molecule has 1 aliphatic carbocycles. The molecule has 1 saturated heterocycles. The molecule has 21 heavy (non-hydrogen) atoms. The number of urea groups is 1. The molecule has 0 aromatic carbocycles. The van der Waals surface area contributed by atoms with Crippen molar-refractivity contribution in [2.75, 3.05) is 13.1 Å². The molecule has 4 unspecified atom stereocenters. The molecule has 2 rings (SSSR count). The molecule has 5 heteroatoms. The summed E-state index contributed by atoms with van der Waals surface area (Å²) in [5.41, 5.74) is 0. The van der Waals surface area contributed by atoms with Gasteiger partial charge in [0, 0.05) is 13.1 Å². The Hall–Kier alpha value is -1.26. The molecule has 0 aromatic rings. The van der Waals surface area contributed by atoms with Gasteiger partial charge < -0.3 is 15.3 Å². The number of hydrogen-bond acceptors (Lipinski definition) is 2. The summed E-state index contributed by atoms with van der Waals surface area (Å²) in [6, 6.07) is -0.869. The first kappa shape index (κ1) is 16.1. The van der Waals surface area contributed by atoms with Gasteiger partial charge in [0.2, 0.25) is 0 Å². The Labute approximate surface area is 127 Å². The summed E-state index contributed by atoms with van der Waals surface area (Å²) in [4.78, 5) is 25.1. The van der Waals surface area contributed by atoms with E-state index < -0.39 is 12.0 Å². The largest absolute Gasteiger partial charge is 0.480 e. The summed E-state index contributed by atoms with van der Waals surface area (Å²) >= 11 is 0. The van der Waals surface area contributed by atoms with E-state index in [1.54, 1.807) is 0 Å². The summed E-state index contributed by atoms with van der Waals surface area (Å²) in [6.07, 6.45) is 6.31. The van der Waals surface area contributed by atoms with E-state index >= 15 is 0 Å². The molecular formula is C16H28N2O3. The second-order valence-corrected chi connectivity index (χ2v) is 7.00. The summed E-state index contributed by atoms with van der Waals surface area (Å²) in [5, 5.41) is 12.3. The molecule has 2 fully saturated rings. The lowest BCUT2D eigenvalue weighted by atomic mass is 9.82. The highest BCUT2D eigenvalue weighted by atomic mass is 16.4. The minimum Gasteiger partial charge on any atom is -0.480 e. The summed E-state index contributed by atoms with van der Waals surface area (Å²) < 4.78 is 0. The molecule has 4 atom stereocenters. The standard InChI is InChI=1S/C16H28N2O3/c1-11-4-3-5-13(8-11)10-17-16(21)18-7-6-12(2)9-14(18)15(19)20/h11-14H,3-10H2,1-2H3,(H,17,21)(H,19,20). The number of carbonyl (C=O) groups is 2. The van der Waals surface area contributed by atoms with Gasteiger partial charge in [-0.2, -0.15) is 0 Å². The van der Waals surface area contributed by atoms with Crippen molar-refractivity contribution < 1.29 is 14.7 Å². The maximum absolute atomic E-state index is 12.3. The number of rotatable bonds is 3. The number of piperidine rings is 1. The molecule has 1 aliphatic heterocycles. The topological polar surface area (TPSA) is 69.6 Å². The van der Waals surface area contributed by atoms with Gasteiger partial charge in [0.15, 0.2) is 0 Å². The molecule has 0 bridgehead atoms. The fourth-order valence-electron chi connectivity index (χ4n) is 3.70. The van der Waals surface area contributed by atoms with Crippen LogP contribution in [0, 0.1) is 17.8 Å². The van der Waals surface area contributed by atoms with Crippen LogP contribution < -0.4 is 5.32 Å². The van der Waals surface area contributed by atoms with Crippen LogP contribution >= 0.6 is 0 Å². The zero-order valence-electron chi connectivity index (χ0n) is 13.2. The Morgan fingerprint density at radius 1 is 1.14 bits per heavy atom. The fraction of sp³-hybridized carbons (Fsp3) is 0.875. The van der Waals surface area contributed by atoms with Crippen molar-refractivity contribution in [1.29, 1.82) is 0 Å². The van der Waals surface area contributed by atoms with Gasteiger partial charge in [-0.1, -0.05) is 26.7 Å². The number of carboxylic acids is 1.